The molecule has 14 heavy (non-hydrogen) atoms. The van der Waals surface area contributed by atoms with Gasteiger partial charge in [0.25, 0.3) is 0 Å². The van der Waals surface area contributed by atoms with Gasteiger partial charge in [0.05, 0.1) is 19.4 Å². The molecule has 1 N–H and O–H groups in total. The van der Waals surface area contributed by atoms with Gasteiger partial charge in [0, 0.05) is 19.7 Å². The van der Waals surface area contributed by atoms with E-state index < -0.39 is 0 Å². The highest BCUT2D eigenvalue weighted by atomic mass is 19.1. The van der Waals surface area contributed by atoms with Crippen molar-refractivity contribution >= 4 is 5.69 Å². The van der Waals surface area contributed by atoms with Crippen LogP contribution in [0.1, 0.15) is 0 Å². The van der Waals surface area contributed by atoms with Crippen LogP contribution in [0.25, 0.3) is 0 Å². The van der Waals surface area contributed by atoms with Gasteiger partial charge in [-0.2, -0.15) is 0 Å². The van der Waals surface area contributed by atoms with Crippen molar-refractivity contribution in [3.8, 4) is 5.75 Å². The summed E-state index contributed by atoms with van der Waals surface area (Å²) in [6.07, 6.45) is 0. The molecule has 4 heteroatoms. The van der Waals surface area contributed by atoms with E-state index in [4.69, 9.17) is 9.47 Å². The average Bonchev–Trinajstić information content (AvgIpc) is 2.19. The molecule has 1 rings (SSSR count). The fourth-order valence-corrected chi connectivity index (χ4v) is 1.11. The first kappa shape index (κ1) is 10.8. The number of hydrogen-bond acceptors (Lipinski definition) is 3. The summed E-state index contributed by atoms with van der Waals surface area (Å²) in [5.41, 5.74) is 0.643. The largest absolute Gasteiger partial charge is 0.495 e. The molecular formula is C10H14FNO2. The lowest BCUT2D eigenvalue weighted by molar-refractivity contribution is 0.210. The van der Waals surface area contributed by atoms with Crippen LogP contribution in [0.15, 0.2) is 18.2 Å². The predicted octanol–water partition coefficient (Wildman–Crippen LogP) is 1.89. The molecule has 1 aromatic rings. The van der Waals surface area contributed by atoms with Gasteiger partial charge in [0.2, 0.25) is 0 Å². The van der Waals surface area contributed by atoms with Crippen LogP contribution in [-0.2, 0) is 4.74 Å². The Morgan fingerprint density at radius 2 is 2.14 bits per heavy atom. The maximum Gasteiger partial charge on any atom is 0.142 e. The van der Waals surface area contributed by atoms with Gasteiger partial charge >= 0.3 is 0 Å². The molecule has 0 aliphatic carbocycles. The van der Waals surface area contributed by atoms with Crippen LogP contribution in [0.5, 0.6) is 5.75 Å². The Labute approximate surface area is 82.8 Å². The monoisotopic (exact) mass is 199 g/mol. The molecule has 78 valence electrons. The first-order chi connectivity index (χ1) is 6.77. The van der Waals surface area contributed by atoms with Gasteiger partial charge in [0.15, 0.2) is 0 Å². The third kappa shape index (κ3) is 2.88. The first-order valence-electron chi connectivity index (χ1n) is 4.34. The van der Waals surface area contributed by atoms with E-state index in [0.29, 0.717) is 24.6 Å². The minimum atomic E-state index is -0.286. The van der Waals surface area contributed by atoms with Crippen molar-refractivity contribution in [2.75, 3.05) is 32.7 Å². The number of benzene rings is 1. The number of methoxy groups -OCH3 is 2. The van der Waals surface area contributed by atoms with Gasteiger partial charge in [-0.15, -0.1) is 0 Å². The molecule has 0 aliphatic rings. The van der Waals surface area contributed by atoms with Crippen LogP contribution < -0.4 is 10.1 Å². The van der Waals surface area contributed by atoms with Crippen LogP contribution >= 0.6 is 0 Å². The van der Waals surface area contributed by atoms with Gasteiger partial charge in [-0.05, 0) is 12.1 Å². The van der Waals surface area contributed by atoms with Crippen molar-refractivity contribution < 1.29 is 13.9 Å². The SMILES string of the molecule is COCCNc1cc(F)ccc1OC. The number of hydrogen-bond donors (Lipinski definition) is 1. The zero-order chi connectivity index (χ0) is 10.4. The highest BCUT2D eigenvalue weighted by Gasteiger charge is 2.02. The van der Waals surface area contributed by atoms with Gasteiger partial charge in [0.1, 0.15) is 11.6 Å². The summed E-state index contributed by atoms with van der Waals surface area (Å²) in [5.74, 6) is 0.341. The van der Waals surface area contributed by atoms with E-state index in [9.17, 15) is 4.39 Å². The number of rotatable bonds is 5. The molecule has 0 spiro atoms. The second kappa shape index (κ2) is 5.44. The lowest BCUT2D eigenvalue weighted by Crippen LogP contribution is -2.08. The number of anilines is 1. The normalized spacial score (nSPS) is 9.93. The Morgan fingerprint density at radius 3 is 2.79 bits per heavy atom. The molecule has 0 fully saturated rings. The van der Waals surface area contributed by atoms with E-state index in [-0.39, 0.29) is 5.82 Å². The van der Waals surface area contributed by atoms with Crippen molar-refractivity contribution in [2.24, 2.45) is 0 Å². The Hall–Kier alpha value is -1.29. The van der Waals surface area contributed by atoms with E-state index in [0.717, 1.165) is 0 Å². The van der Waals surface area contributed by atoms with Crippen molar-refractivity contribution in [1.82, 2.24) is 0 Å². The summed E-state index contributed by atoms with van der Waals surface area (Å²) < 4.78 is 22.8. The molecule has 0 saturated carbocycles. The van der Waals surface area contributed by atoms with Gasteiger partial charge in [-0.3, -0.25) is 0 Å². The first-order valence-corrected chi connectivity index (χ1v) is 4.34. The molecule has 0 heterocycles. The maximum absolute atomic E-state index is 12.9. The third-order valence-electron chi connectivity index (χ3n) is 1.78. The van der Waals surface area contributed by atoms with Crippen molar-refractivity contribution in [3.05, 3.63) is 24.0 Å². The second-order valence-corrected chi connectivity index (χ2v) is 2.76. The molecule has 0 atom stereocenters. The molecule has 0 bridgehead atoms. The van der Waals surface area contributed by atoms with E-state index in [1.807, 2.05) is 0 Å². The Balaban J connectivity index is 2.67. The van der Waals surface area contributed by atoms with Crippen LogP contribution in [0.2, 0.25) is 0 Å². The molecule has 0 aliphatic heterocycles. The van der Waals surface area contributed by atoms with Crippen LogP contribution in [0, 0.1) is 5.82 Å². The number of nitrogens with one attached hydrogen (secondary N) is 1. The maximum atomic E-state index is 12.9. The molecule has 0 amide bonds. The van der Waals surface area contributed by atoms with Crippen molar-refractivity contribution in [3.63, 3.8) is 0 Å². The summed E-state index contributed by atoms with van der Waals surface area (Å²) >= 11 is 0. The summed E-state index contributed by atoms with van der Waals surface area (Å²) in [6, 6.07) is 4.35. The zero-order valence-corrected chi connectivity index (χ0v) is 8.34. The van der Waals surface area contributed by atoms with Crippen LogP contribution in [-0.4, -0.2) is 27.4 Å². The molecule has 1 aromatic carbocycles. The molecule has 0 unspecified atom stereocenters. The lowest BCUT2D eigenvalue weighted by atomic mass is 10.3. The fourth-order valence-electron chi connectivity index (χ4n) is 1.11. The number of halogens is 1. The Morgan fingerprint density at radius 1 is 1.36 bits per heavy atom. The minimum absolute atomic E-state index is 0.286. The number of ether oxygens (including phenoxy) is 2. The second-order valence-electron chi connectivity index (χ2n) is 2.76. The van der Waals surface area contributed by atoms with E-state index in [1.165, 1.54) is 12.1 Å². The summed E-state index contributed by atoms with van der Waals surface area (Å²) in [5, 5.41) is 3.02. The summed E-state index contributed by atoms with van der Waals surface area (Å²) in [6.45, 7) is 1.19. The molecule has 0 aromatic heterocycles. The highest BCUT2D eigenvalue weighted by Crippen LogP contribution is 2.24. The van der Waals surface area contributed by atoms with Crippen LogP contribution in [0.4, 0.5) is 10.1 Å². The van der Waals surface area contributed by atoms with E-state index in [2.05, 4.69) is 5.32 Å². The predicted molar refractivity (Wildman–Crippen MR) is 53.3 cm³/mol. The molecule has 3 nitrogen and oxygen atoms in total. The standard InChI is InChI=1S/C10H14FNO2/c1-13-6-5-12-9-7-8(11)3-4-10(9)14-2/h3-4,7,12H,5-6H2,1-2H3. The van der Waals surface area contributed by atoms with Crippen molar-refractivity contribution in [2.45, 2.75) is 0 Å². The minimum Gasteiger partial charge on any atom is -0.495 e. The zero-order valence-electron chi connectivity index (χ0n) is 8.34. The highest BCUT2D eigenvalue weighted by molar-refractivity contribution is 5.56. The van der Waals surface area contributed by atoms with Crippen LogP contribution in [0.3, 0.4) is 0 Å². The Bertz CT molecular complexity index is 291. The molecule has 0 saturated heterocycles. The smallest absolute Gasteiger partial charge is 0.142 e. The Kier molecular flexibility index (Phi) is 4.19. The third-order valence-corrected chi connectivity index (χ3v) is 1.78. The van der Waals surface area contributed by atoms with Crippen molar-refractivity contribution in [1.29, 1.82) is 0 Å². The molecule has 0 radical (unpaired) electrons. The fraction of sp³-hybridized carbons (Fsp3) is 0.400. The average molecular weight is 199 g/mol. The summed E-state index contributed by atoms with van der Waals surface area (Å²) in [7, 11) is 3.17. The quantitative estimate of drug-likeness (QED) is 0.734. The molecular weight excluding hydrogens is 185 g/mol. The van der Waals surface area contributed by atoms with E-state index >= 15 is 0 Å². The topological polar surface area (TPSA) is 30.5 Å². The lowest BCUT2D eigenvalue weighted by Gasteiger charge is -2.10. The van der Waals surface area contributed by atoms with Gasteiger partial charge in [-0.1, -0.05) is 0 Å². The van der Waals surface area contributed by atoms with E-state index in [1.54, 1.807) is 20.3 Å². The van der Waals surface area contributed by atoms with Gasteiger partial charge < -0.3 is 14.8 Å². The van der Waals surface area contributed by atoms with Gasteiger partial charge in [-0.25, -0.2) is 4.39 Å². The summed E-state index contributed by atoms with van der Waals surface area (Å²) in [4.78, 5) is 0.